The van der Waals surface area contributed by atoms with E-state index in [0.29, 0.717) is 11.3 Å². The van der Waals surface area contributed by atoms with Gasteiger partial charge in [-0.3, -0.25) is 0 Å². The topological polar surface area (TPSA) is 70.0 Å². The molecule has 0 fully saturated rings. The van der Waals surface area contributed by atoms with Crippen LogP contribution in [0.5, 0.6) is 0 Å². The van der Waals surface area contributed by atoms with Crippen molar-refractivity contribution in [1.29, 1.82) is 5.26 Å². The molecule has 1 N–H and O–H groups in total. The fourth-order valence-corrected chi connectivity index (χ4v) is 2.26. The third-order valence-corrected chi connectivity index (χ3v) is 3.74. The number of nitrogens with zero attached hydrogens (tertiary/aromatic N) is 1. The highest BCUT2D eigenvalue weighted by Gasteiger charge is 2.06. The van der Waals surface area contributed by atoms with Gasteiger partial charge in [0.2, 0.25) is 0 Å². The van der Waals surface area contributed by atoms with E-state index < -0.39 is 9.84 Å². The Morgan fingerprint density at radius 3 is 2.26 bits per heavy atom. The molecule has 4 nitrogen and oxygen atoms in total. The van der Waals surface area contributed by atoms with Crippen LogP contribution in [0.4, 0.5) is 11.4 Å². The maximum Gasteiger partial charge on any atom is 0.175 e. The molecular weight excluding hydrogens is 260 g/mol. The summed E-state index contributed by atoms with van der Waals surface area (Å²) >= 11 is 0. The summed E-state index contributed by atoms with van der Waals surface area (Å²) in [6.45, 7) is 0. The standard InChI is InChI=1S/C14H12N2O2S/c1-19(17,18)13-8-6-12(7-9-13)16-14-5-3-2-4-11(14)10-15/h2-9,16H,1H3. The van der Waals surface area contributed by atoms with Gasteiger partial charge in [0.15, 0.2) is 9.84 Å². The summed E-state index contributed by atoms with van der Waals surface area (Å²) in [5.74, 6) is 0. The van der Waals surface area contributed by atoms with Crippen molar-refractivity contribution < 1.29 is 8.42 Å². The van der Waals surface area contributed by atoms with Crippen LogP contribution in [0.1, 0.15) is 5.56 Å². The second kappa shape index (κ2) is 5.12. The normalized spacial score (nSPS) is 10.7. The minimum Gasteiger partial charge on any atom is -0.354 e. The van der Waals surface area contributed by atoms with Crippen LogP contribution in [0.15, 0.2) is 53.4 Å². The lowest BCUT2D eigenvalue weighted by Gasteiger charge is -2.08. The van der Waals surface area contributed by atoms with Crippen LogP contribution in [0.2, 0.25) is 0 Å². The van der Waals surface area contributed by atoms with E-state index in [0.717, 1.165) is 5.69 Å². The summed E-state index contributed by atoms with van der Waals surface area (Å²) < 4.78 is 22.7. The molecule has 0 heterocycles. The summed E-state index contributed by atoms with van der Waals surface area (Å²) in [4.78, 5) is 0.270. The van der Waals surface area contributed by atoms with Gasteiger partial charge in [0.05, 0.1) is 16.1 Å². The van der Waals surface area contributed by atoms with E-state index in [1.165, 1.54) is 18.4 Å². The third kappa shape index (κ3) is 3.12. The van der Waals surface area contributed by atoms with Gasteiger partial charge in [0, 0.05) is 11.9 Å². The van der Waals surface area contributed by atoms with Crippen LogP contribution < -0.4 is 5.32 Å². The SMILES string of the molecule is CS(=O)(=O)c1ccc(Nc2ccccc2C#N)cc1. The lowest BCUT2D eigenvalue weighted by Crippen LogP contribution is -1.98. The average molecular weight is 272 g/mol. The molecular formula is C14H12N2O2S. The van der Waals surface area contributed by atoms with Crippen LogP contribution >= 0.6 is 0 Å². The van der Waals surface area contributed by atoms with Crippen molar-refractivity contribution in [3.05, 3.63) is 54.1 Å². The summed E-state index contributed by atoms with van der Waals surface area (Å²) in [7, 11) is -3.19. The smallest absolute Gasteiger partial charge is 0.175 e. The van der Waals surface area contributed by atoms with E-state index in [-0.39, 0.29) is 4.90 Å². The predicted octanol–water partition coefficient (Wildman–Crippen LogP) is 2.71. The van der Waals surface area contributed by atoms with E-state index >= 15 is 0 Å². The summed E-state index contributed by atoms with van der Waals surface area (Å²) in [6, 6.07) is 15.6. The molecule has 0 saturated carbocycles. The van der Waals surface area contributed by atoms with Crippen LogP contribution in [0.25, 0.3) is 0 Å². The van der Waals surface area contributed by atoms with Gasteiger partial charge >= 0.3 is 0 Å². The molecule has 0 unspecified atom stereocenters. The third-order valence-electron chi connectivity index (χ3n) is 2.61. The molecule has 2 aromatic rings. The average Bonchev–Trinajstić information content (AvgIpc) is 2.39. The Morgan fingerprint density at radius 1 is 1.05 bits per heavy atom. The first-order valence-electron chi connectivity index (χ1n) is 5.57. The number of rotatable bonds is 3. The second-order valence-electron chi connectivity index (χ2n) is 4.08. The molecule has 0 atom stereocenters. The van der Waals surface area contributed by atoms with Gasteiger partial charge in [-0.05, 0) is 36.4 Å². The quantitative estimate of drug-likeness (QED) is 0.932. The zero-order valence-corrected chi connectivity index (χ0v) is 11.1. The Balaban J connectivity index is 2.28. The molecule has 5 heteroatoms. The molecule has 2 rings (SSSR count). The number of benzene rings is 2. The Bertz CT molecular complexity index is 729. The molecule has 0 aliphatic rings. The van der Waals surface area contributed by atoms with Crippen LogP contribution in [-0.4, -0.2) is 14.7 Å². The lowest BCUT2D eigenvalue weighted by molar-refractivity contribution is 0.602. The highest BCUT2D eigenvalue weighted by atomic mass is 32.2. The largest absolute Gasteiger partial charge is 0.354 e. The summed E-state index contributed by atoms with van der Waals surface area (Å²) in [5, 5.41) is 12.1. The van der Waals surface area contributed by atoms with E-state index in [1.54, 1.807) is 30.3 Å². The molecule has 0 aromatic heterocycles. The molecule has 96 valence electrons. The number of para-hydroxylation sites is 1. The maximum absolute atomic E-state index is 11.3. The number of nitrogens with one attached hydrogen (secondary N) is 1. The number of anilines is 2. The Hall–Kier alpha value is -2.32. The van der Waals surface area contributed by atoms with Crippen LogP contribution in [-0.2, 0) is 9.84 Å². The van der Waals surface area contributed by atoms with Gasteiger partial charge < -0.3 is 5.32 Å². The van der Waals surface area contributed by atoms with E-state index in [9.17, 15) is 8.42 Å². The molecule has 2 aromatic carbocycles. The monoisotopic (exact) mass is 272 g/mol. The predicted molar refractivity (Wildman–Crippen MR) is 74.0 cm³/mol. The molecule has 0 aliphatic heterocycles. The Kier molecular flexibility index (Phi) is 3.54. The number of hydrogen-bond donors (Lipinski definition) is 1. The van der Waals surface area contributed by atoms with Crippen molar-refractivity contribution in [3.8, 4) is 6.07 Å². The molecule has 0 spiro atoms. The zero-order valence-electron chi connectivity index (χ0n) is 10.3. The van der Waals surface area contributed by atoms with Gasteiger partial charge in [-0.1, -0.05) is 12.1 Å². The van der Waals surface area contributed by atoms with E-state index in [1.807, 2.05) is 6.07 Å². The molecule has 0 aliphatic carbocycles. The lowest BCUT2D eigenvalue weighted by atomic mass is 10.2. The first-order valence-corrected chi connectivity index (χ1v) is 7.46. The van der Waals surface area contributed by atoms with Crippen molar-refractivity contribution in [2.45, 2.75) is 4.90 Å². The van der Waals surface area contributed by atoms with Crippen molar-refractivity contribution in [2.24, 2.45) is 0 Å². The number of hydrogen-bond acceptors (Lipinski definition) is 4. The fourth-order valence-electron chi connectivity index (χ4n) is 1.63. The van der Waals surface area contributed by atoms with Crippen LogP contribution in [0.3, 0.4) is 0 Å². The maximum atomic E-state index is 11.3. The zero-order chi connectivity index (χ0) is 13.9. The Labute approximate surface area is 112 Å². The molecule has 0 amide bonds. The van der Waals surface area contributed by atoms with Gasteiger partial charge in [-0.2, -0.15) is 5.26 Å². The minimum atomic E-state index is -3.19. The first-order chi connectivity index (χ1) is 9.00. The number of nitriles is 1. The fraction of sp³-hybridized carbons (Fsp3) is 0.0714. The van der Waals surface area contributed by atoms with Gasteiger partial charge in [-0.25, -0.2) is 8.42 Å². The molecule has 19 heavy (non-hydrogen) atoms. The van der Waals surface area contributed by atoms with Crippen molar-refractivity contribution in [3.63, 3.8) is 0 Å². The highest BCUT2D eigenvalue weighted by molar-refractivity contribution is 7.90. The molecule has 0 bridgehead atoms. The van der Waals surface area contributed by atoms with Crippen molar-refractivity contribution in [2.75, 3.05) is 11.6 Å². The first kappa shape index (κ1) is 13.1. The van der Waals surface area contributed by atoms with E-state index in [4.69, 9.17) is 5.26 Å². The molecule has 0 radical (unpaired) electrons. The summed E-state index contributed by atoms with van der Waals surface area (Å²) in [5.41, 5.74) is 1.96. The van der Waals surface area contributed by atoms with Crippen molar-refractivity contribution in [1.82, 2.24) is 0 Å². The Morgan fingerprint density at radius 2 is 1.68 bits per heavy atom. The highest BCUT2D eigenvalue weighted by Crippen LogP contribution is 2.21. The van der Waals surface area contributed by atoms with Gasteiger partial charge in [0.1, 0.15) is 6.07 Å². The summed E-state index contributed by atoms with van der Waals surface area (Å²) in [6.07, 6.45) is 1.17. The second-order valence-corrected chi connectivity index (χ2v) is 6.09. The van der Waals surface area contributed by atoms with Gasteiger partial charge in [-0.15, -0.1) is 0 Å². The van der Waals surface area contributed by atoms with E-state index in [2.05, 4.69) is 11.4 Å². The van der Waals surface area contributed by atoms with Crippen molar-refractivity contribution >= 4 is 21.2 Å². The minimum absolute atomic E-state index is 0.270. The van der Waals surface area contributed by atoms with Gasteiger partial charge in [0.25, 0.3) is 0 Å². The number of sulfone groups is 1. The molecule has 0 saturated heterocycles. The van der Waals surface area contributed by atoms with Crippen LogP contribution in [0, 0.1) is 11.3 Å².